The zero-order valence-corrected chi connectivity index (χ0v) is 11.7. The van der Waals surface area contributed by atoms with E-state index in [4.69, 9.17) is 0 Å². The van der Waals surface area contributed by atoms with Crippen molar-refractivity contribution in [3.8, 4) is 0 Å². The maximum Gasteiger partial charge on any atom is 0.272 e. The van der Waals surface area contributed by atoms with Crippen LogP contribution in [0.15, 0.2) is 35.2 Å². The van der Waals surface area contributed by atoms with Gasteiger partial charge in [0.1, 0.15) is 16.7 Å². The third kappa shape index (κ3) is 3.25. The molecule has 0 radical (unpaired) electrons. The van der Waals surface area contributed by atoms with Gasteiger partial charge in [0, 0.05) is 24.2 Å². The zero-order valence-electron chi connectivity index (χ0n) is 10.1. The predicted octanol–water partition coefficient (Wildman–Crippen LogP) is 3.07. The van der Waals surface area contributed by atoms with Crippen LogP contribution in [0, 0.1) is 17.0 Å². The Morgan fingerprint density at radius 3 is 2.89 bits per heavy atom. The van der Waals surface area contributed by atoms with E-state index in [0.29, 0.717) is 22.5 Å². The Hall–Kier alpha value is -2.02. The van der Waals surface area contributed by atoms with E-state index < -0.39 is 0 Å². The molecular formula is C12H11BrN4O2. The average Bonchev–Trinajstić information content (AvgIpc) is 2.37. The summed E-state index contributed by atoms with van der Waals surface area (Å²) in [4.78, 5) is 18.5. The topological polar surface area (TPSA) is 81.0 Å². The number of halogens is 1. The van der Waals surface area contributed by atoms with Gasteiger partial charge in [-0.2, -0.15) is 0 Å². The first-order valence-electron chi connectivity index (χ1n) is 5.52. The number of nitrogens with one attached hydrogen (secondary N) is 1. The van der Waals surface area contributed by atoms with E-state index in [2.05, 4.69) is 31.2 Å². The summed E-state index contributed by atoms with van der Waals surface area (Å²) in [6.45, 7) is 2.21. The number of rotatable bonds is 4. The lowest BCUT2D eigenvalue weighted by atomic mass is 10.1. The lowest BCUT2D eigenvalue weighted by Crippen LogP contribution is -2.04. The van der Waals surface area contributed by atoms with Gasteiger partial charge in [0.25, 0.3) is 5.69 Å². The molecule has 0 bridgehead atoms. The number of hydrogen-bond acceptors (Lipinski definition) is 5. The third-order valence-electron chi connectivity index (χ3n) is 2.71. The number of nitro benzene ring substituents is 1. The van der Waals surface area contributed by atoms with Crippen LogP contribution in [-0.2, 0) is 6.54 Å². The van der Waals surface area contributed by atoms with Crippen molar-refractivity contribution in [3.63, 3.8) is 0 Å². The van der Waals surface area contributed by atoms with Crippen molar-refractivity contribution in [3.05, 3.63) is 56.4 Å². The van der Waals surface area contributed by atoms with E-state index in [9.17, 15) is 10.1 Å². The summed E-state index contributed by atoms with van der Waals surface area (Å²) in [7, 11) is 0. The minimum absolute atomic E-state index is 0.128. The van der Waals surface area contributed by atoms with Crippen molar-refractivity contribution in [1.29, 1.82) is 0 Å². The van der Waals surface area contributed by atoms with Crippen LogP contribution in [0.25, 0.3) is 0 Å². The zero-order chi connectivity index (χ0) is 13.8. The van der Waals surface area contributed by atoms with Gasteiger partial charge in [-0.1, -0.05) is 12.1 Å². The second-order valence-corrected chi connectivity index (χ2v) is 4.71. The van der Waals surface area contributed by atoms with E-state index in [1.165, 1.54) is 12.4 Å². The summed E-state index contributed by atoms with van der Waals surface area (Å²) in [6, 6.07) is 6.77. The normalized spacial score (nSPS) is 10.2. The van der Waals surface area contributed by atoms with Gasteiger partial charge >= 0.3 is 0 Å². The van der Waals surface area contributed by atoms with Crippen LogP contribution in [0.1, 0.15) is 11.1 Å². The molecule has 0 spiro atoms. The van der Waals surface area contributed by atoms with Crippen LogP contribution >= 0.6 is 15.9 Å². The molecule has 0 fully saturated rings. The summed E-state index contributed by atoms with van der Waals surface area (Å²) in [6.07, 6.45) is 1.44. The van der Waals surface area contributed by atoms with Crippen molar-refractivity contribution >= 4 is 27.4 Å². The molecule has 0 amide bonds. The van der Waals surface area contributed by atoms with Gasteiger partial charge in [0.2, 0.25) is 0 Å². The minimum atomic E-state index is -0.375. The molecule has 1 heterocycles. The Bertz CT molecular complexity index is 618. The van der Waals surface area contributed by atoms with Gasteiger partial charge in [-0.3, -0.25) is 10.1 Å². The molecule has 98 valence electrons. The standard InChI is InChI=1S/C12H11BrN4O2/c1-8-9(3-2-4-10(8)17(18)19)6-14-12-5-11(13)15-7-16-12/h2-5,7H,6H2,1H3,(H,14,15,16). The maximum absolute atomic E-state index is 10.9. The van der Waals surface area contributed by atoms with Crippen molar-refractivity contribution in [2.75, 3.05) is 5.32 Å². The van der Waals surface area contributed by atoms with E-state index in [1.807, 2.05) is 6.07 Å². The van der Waals surface area contributed by atoms with Gasteiger partial charge in [-0.25, -0.2) is 9.97 Å². The quantitative estimate of drug-likeness (QED) is 0.531. The summed E-state index contributed by atoms with van der Waals surface area (Å²) in [5.41, 5.74) is 1.65. The Morgan fingerprint density at radius 1 is 1.42 bits per heavy atom. The van der Waals surface area contributed by atoms with E-state index in [-0.39, 0.29) is 10.6 Å². The van der Waals surface area contributed by atoms with Crippen LogP contribution < -0.4 is 5.32 Å². The summed E-state index contributed by atoms with van der Waals surface area (Å²) < 4.78 is 0.681. The SMILES string of the molecule is Cc1c(CNc2cc(Br)ncn2)cccc1[N+](=O)[O-]. The molecule has 0 saturated carbocycles. The second-order valence-electron chi connectivity index (χ2n) is 3.90. The molecule has 0 unspecified atom stereocenters. The molecule has 0 aliphatic rings. The Labute approximate surface area is 118 Å². The Kier molecular flexibility index (Phi) is 4.06. The number of nitrogens with zero attached hydrogens (tertiary/aromatic N) is 3. The first kappa shape index (κ1) is 13.4. The summed E-state index contributed by atoms with van der Waals surface area (Å²) >= 11 is 3.25. The summed E-state index contributed by atoms with van der Waals surface area (Å²) in [5.74, 6) is 0.660. The molecule has 6 nitrogen and oxygen atoms in total. The number of aromatic nitrogens is 2. The van der Waals surface area contributed by atoms with Gasteiger partial charge in [-0.05, 0) is 28.4 Å². The van der Waals surface area contributed by atoms with Crippen molar-refractivity contribution in [1.82, 2.24) is 9.97 Å². The molecule has 2 rings (SSSR count). The average molecular weight is 323 g/mol. The lowest BCUT2D eigenvalue weighted by molar-refractivity contribution is -0.385. The molecule has 1 N–H and O–H groups in total. The van der Waals surface area contributed by atoms with E-state index >= 15 is 0 Å². The highest BCUT2D eigenvalue weighted by Crippen LogP contribution is 2.21. The molecule has 1 aromatic carbocycles. The van der Waals surface area contributed by atoms with E-state index in [0.717, 1.165) is 5.56 Å². The van der Waals surface area contributed by atoms with Gasteiger partial charge in [0.05, 0.1) is 4.92 Å². The van der Waals surface area contributed by atoms with Crippen molar-refractivity contribution in [2.24, 2.45) is 0 Å². The van der Waals surface area contributed by atoms with Gasteiger partial charge in [-0.15, -0.1) is 0 Å². The number of hydrogen-bond donors (Lipinski definition) is 1. The second kappa shape index (κ2) is 5.75. The van der Waals surface area contributed by atoms with Crippen molar-refractivity contribution in [2.45, 2.75) is 13.5 Å². The number of nitro groups is 1. The molecule has 0 aliphatic carbocycles. The minimum Gasteiger partial charge on any atom is -0.366 e. The molecule has 19 heavy (non-hydrogen) atoms. The molecule has 0 aliphatic heterocycles. The molecule has 7 heteroatoms. The predicted molar refractivity (Wildman–Crippen MR) is 74.9 cm³/mol. The van der Waals surface area contributed by atoms with Crippen LogP contribution in [0.5, 0.6) is 0 Å². The highest BCUT2D eigenvalue weighted by atomic mass is 79.9. The summed E-state index contributed by atoms with van der Waals surface area (Å²) in [5, 5.41) is 14.0. The Balaban J connectivity index is 2.16. The third-order valence-corrected chi connectivity index (χ3v) is 3.14. The number of anilines is 1. The fraction of sp³-hybridized carbons (Fsp3) is 0.167. The largest absolute Gasteiger partial charge is 0.366 e. The van der Waals surface area contributed by atoms with Crippen LogP contribution in [0.3, 0.4) is 0 Å². The van der Waals surface area contributed by atoms with Crippen LogP contribution in [0.4, 0.5) is 11.5 Å². The molecule has 0 atom stereocenters. The molecule has 0 saturated heterocycles. The monoisotopic (exact) mass is 322 g/mol. The first-order chi connectivity index (χ1) is 9.08. The fourth-order valence-electron chi connectivity index (χ4n) is 1.68. The first-order valence-corrected chi connectivity index (χ1v) is 6.31. The van der Waals surface area contributed by atoms with Gasteiger partial charge in [0.15, 0.2) is 0 Å². The van der Waals surface area contributed by atoms with Crippen LogP contribution in [0.2, 0.25) is 0 Å². The highest BCUT2D eigenvalue weighted by molar-refractivity contribution is 9.10. The molecule has 2 aromatic rings. The Morgan fingerprint density at radius 2 is 2.21 bits per heavy atom. The maximum atomic E-state index is 10.9. The highest BCUT2D eigenvalue weighted by Gasteiger charge is 2.12. The lowest BCUT2D eigenvalue weighted by Gasteiger charge is -2.08. The molecule has 1 aromatic heterocycles. The van der Waals surface area contributed by atoms with Crippen molar-refractivity contribution < 1.29 is 4.92 Å². The smallest absolute Gasteiger partial charge is 0.272 e. The van der Waals surface area contributed by atoms with E-state index in [1.54, 1.807) is 19.1 Å². The van der Waals surface area contributed by atoms with Gasteiger partial charge < -0.3 is 5.32 Å². The van der Waals surface area contributed by atoms with Crippen LogP contribution in [-0.4, -0.2) is 14.9 Å². The number of benzene rings is 1. The fourth-order valence-corrected chi connectivity index (χ4v) is 1.98. The molecular weight excluding hydrogens is 312 g/mol.